The van der Waals surface area contributed by atoms with E-state index in [9.17, 15) is 0 Å². The summed E-state index contributed by atoms with van der Waals surface area (Å²) in [5.41, 5.74) is 1.96. The summed E-state index contributed by atoms with van der Waals surface area (Å²) in [6, 6.07) is 8.14. The van der Waals surface area contributed by atoms with Crippen LogP contribution in [0.15, 0.2) is 24.3 Å². The largest absolute Gasteiger partial charge is 0.371 e. The number of anilines is 2. The van der Waals surface area contributed by atoms with Crippen molar-refractivity contribution in [3.8, 4) is 5.95 Å². The number of hydrogen-bond acceptors (Lipinski definition) is 8. The summed E-state index contributed by atoms with van der Waals surface area (Å²) in [6.07, 6.45) is 5.54. The van der Waals surface area contributed by atoms with Crippen LogP contribution in [-0.4, -0.2) is 75.1 Å². The third-order valence-electron chi connectivity index (χ3n) is 7.18. The number of hydrogen-bond donors (Lipinski definition) is 0. The highest BCUT2D eigenvalue weighted by molar-refractivity contribution is 5.77. The van der Waals surface area contributed by atoms with Gasteiger partial charge in [-0.15, -0.1) is 0 Å². The molecule has 0 radical (unpaired) electrons. The number of rotatable bonds is 3. The second-order valence-corrected chi connectivity index (χ2v) is 9.44. The van der Waals surface area contributed by atoms with Crippen LogP contribution in [0, 0.1) is 6.92 Å². The predicted octanol–water partition coefficient (Wildman–Crippen LogP) is 2.25. The lowest BCUT2D eigenvalue weighted by Crippen LogP contribution is -2.45. The first-order chi connectivity index (χ1) is 15.7. The fourth-order valence-electron chi connectivity index (χ4n) is 5.68. The van der Waals surface area contributed by atoms with E-state index in [4.69, 9.17) is 29.4 Å². The molecular weight excluding hydrogens is 406 g/mol. The van der Waals surface area contributed by atoms with Crippen molar-refractivity contribution >= 4 is 22.9 Å². The zero-order valence-electron chi connectivity index (χ0n) is 18.2. The summed E-state index contributed by atoms with van der Waals surface area (Å²) >= 11 is 0. The van der Waals surface area contributed by atoms with Crippen molar-refractivity contribution in [2.24, 2.45) is 0 Å². The second-order valence-electron chi connectivity index (χ2n) is 9.44. The molecule has 9 nitrogen and oxygen atoms in total. The van der Waals surface area contributed by atoms with Gasteiger partial charge in [0.2, 0.25) is 17.8 Å². The number of ether oxygens (including phenoxy) is 2. The Kier molecular flexibility index (Phi) is 4.17. The Morgan fingerprint density at radius 2 is 1.19 bits per heavy atom. The molecule has 7 rings (SSSR count). The molecule has 6 heterocycles. The molecule has 4 atom stereocenters. The molecule has 32 heavy (non-hydrogen) atoms. The van der Waals surface area contributed by atoms with Gasteiger partial charge >= 0.3 is 0 Å². The Bertz CT molecular complexity index is 1110. The number of aryl methyl sites for hydroxylation is 1. The summed E-state index contributed by atoms with van der Waals surface area (Å²) in [7, 11) is 0. The Hall–Kier alpha value is -2.78. The highest BCUT2D eigenvalue weighted by atomic mass is 16.5. The lowest BCUT2D eigenvalue weighted by Gasteiger charge is -2.34. The summed E-state index contributed by atoms with van der Waals surface area (Å²) in [6.45, 7) is 5.33. The smallest absolute Gasteiger partial charge is 0.242 e. The summed E-state index contributed by atoms with van der Waals surface area (Å²) in [5.74, 6) is 2.98. The van der Waals surface area contributed by atoms with Gasteiger partial charge in [-0.25, -0.2) is 4.98 Å². The van der Waals surface area contributed by atoms with E-state index in [-0.39, 0.29) is 24.4 Å². The zero-order valence-corrected chi connectivity index (χ0v) is 18.2. The maximum absolute atomic E-state index is 6.06. The van der Waals surface area contributed by atoms with E-state index in [1.165, 1.54) is 0 Å². The zero-order chi connectivity index (χ0) is 21.2. The molecule has 4 aliphatic heterocycles. The molecular formula is C23H27N7O2. The van der Waals surface area contributed by atoms with E-state index in [1.807, 2.05) is 29.7 Å². The number of nitrogens with zero attached hydrogens (tertiary/aromatic N) is 7. The van der Waals surface area contributed by atoms with Crippen molar-refractivity contribution in [2.45, 2.75) is 57.0 Å². The Balaban J connectivity index is 1.35. The standard InChI is InChI=1S/C23H27N7O2/c1-14-24-19-4-2-3-5-20(19)30(14)23-26-21(28-10-15-6-7-16(11-28)31-15)25-22(27-23)29-12-17-8-9-18(13-29)32-17/h2-5,15-18H,6-13H2,1H3. The van der Waals surface area contributed by atoms with Crippen LogP contribution in [0.25, 0.3) is 17.0 Å². The van der Waals surface area contributed by atoms with Crippen LogP contribution in [0.3, 0.4) is 0 Å². The lowest BCUT2D eigenvalue weighted by molar-refractivity contribution is 0.0293. The molecule has 3 aromatic rings. The SMILES string of the molecule is Cc1nc2ccccc2n1-c1nc(N2CC3CCC(C2)O3)nc(N2CC3CCC(C2)O3)n1. The number of fused-ring (bicyclic) bond motifs is 5. The number of benzene rings is 1. The molecule has 4 saturated heterocycles. The van der Waals surface area contributed by atoms with Crippen LogP contribution in [0.2, 0.25) is 0 Å². The van der Waals surface area contributed by atoms with Crippen LogP contribution < -0.4 is 9.80 Å². The van der Waals surface area contributed by atoms with Crippen LogP contribution in [0.5, 0.6) is 0 Å². The number of imidazole rings is 1. The molecule has 0 spiro atoms. The first-order valence-electron chi connectivity index (χ1n) is 11.7. The Labute approximate surface area is 186 Å². The maximum Gasteiger partial charge on any atom is 0.242 e. The van der Waals surface area contributed by atoms with Gasteiger partial charge in [-0.05, 0) is 44.7 Å². The third kappa shape index (κ3) is 3.06. The molecule has 4 bridgehead atoms. The first-order valence-corrected chi connectivity index (χ1v) is 11.7. The second kappa shape index (κ2) is 7.11. The highest BCUT2D eigenvalue weighted by Gasteiger charge is 2.37. The molecule has 166 valence electrons. The lowest BCUT2D eigenvalue weighted by atomic mass is 10.2. The van der Waals surface area contributed by atoms with Gasteiger partial charge in [0.25, 0.3) is 0 Å². The van der Waals surface area contributed by atoms with E-state index < -0.39 is 0 Å². The minimum absolute atomic E-state index is 0.271. The van der Waals surface area contributed by atoms with Gasteiger partial charge in [-0.2, -0.15) is 15.0 Å². The van der Waals surface area contributed by atoms with Gasteiger partial charge in [-0.1, -0.05) is 12.1 Å². The fraction of sp³-hybridized carbons (Fsp3) is 0.565. The van der Waals surface area contributed by atoms with Gasteiger partial charge < -0.3 is 19.3 Å². The number of para-hydroxylation sites is 2. The fourth-order valence-corrected chi connectivity index (χ4v) is 5.68. The summed E-state index contributed by atoms with van der Waals surface area (Å²) in [4.78, 5) is 24.2. The van der Waals surface area contributed by atoms with Crippen LogP contribution in [-0.2, 0) is 9.47 Å². The molecule has 0 aliphatic carbocycles. The average molecular weight is 434 g/mol. The first kappa shape index (κ1) is 18.8. The van der Waals surface area contributed by atoms with Crippen molar-refractivity contribution < 1.29 is 9.47 Å². The van der Waals surface area contributed by atoms with Crippen LogP contribution in [0.4, 0.5) is 11.9 Å². The summed E-state index contributed by atoms with van der Waals surface area (Å²) in [5, 5.41) is 0. The molecule has 4 fully saturated rings. The van der Waals surface area contributed by atoms with Gasteiger partial charge in [0.15, 0.2) is 0 Å². The van der Waals surface area contributed by atoms with Crippen molar-refractivity contribution in [2.75, 3.05) is 36.0 Å². The normalized spacial score (nSPS) is 29.3. The van der Waals surface area contributed by atoms with Crippen molar-refractivity contribution in [1.82, 2.24) is 24.5 Å². The van der Waals surface area contributed by atoms with E-state index in [0.29, 0.717) is 5.95 Å². The molecule has 9 heteroatoms. The monoisotopic (exact) mass is 433 g/mol. The van der Waals surface area contributed by atoms with Crippen molar-refractivity contribution in [3.63, 3.8) is 0 Å². The highest BCUT2D eigenvalue weighted by Crippen LogP contribution is 2.32. The van der Waals surface area contributed by atoms with Gasteiger partial charge in [0.1, 0.15) is 5.82 Å². The van der Waals surface area contributed by atoms with Gasteiger partial charge in [-0.3, -0.25) is 4.57 Å². The van der Waals surface area contributed by atoms with E-state index in [2.05, 4.69) is 15.9 Å². The predicted molar refractivity (Wildman–Crippen MR) is 119 cm³/mol. The number of morpholine rings is 2. The molecule has 0 N–H and O–H groups in total. The summed E-state index contributed by atoms with van der Waals surface area (Å²) < 4.78 is 14.2. The van der Waals surface area contributed by atoms with Gasteiger partial charge in [0.05, 0.1) is 35.4 Å². The maximum atomic E-state index is 6.06. The molecule has 1 aromatic carbocycles. The van der Waals surface area contributed by atoms with Gasteiger partial charge in [0, 0.05) is 26.2 Å². The van der Waals surface area contributed by atoms with E-state index in [0.717, 1.165) is 80.6 Å². The number of aromatic nitrogens is 5. The quantitative estimate of drug-likeness (QED) is 0.622. The molecule has 0 amide bonds. The average Bonchev–Trinajstić information content (AvgIpc) is 3.45. The third-order valence-corrected chi connectivity index (χ3v) is 7.18. The minimum Gasteiger partial charge on any atom is -0.371 e. The van der Waals surface area contributed by atoms with E-state index in [1.54, 1.807) is 0 Å². The molecule has 2 aromatic heterocycles. The Morgan fingerprint density at radius 3 is 1.75 bits per heavy atom. The van der Waals surface area contributed by atoms with E-state index >= 15 is 0 Å². The topological polar surface area (TPSA) is 81.4 Å². The molecule has 0 saturated carbocycles. The molecule has 4 unspecified atom stereocenters. The van der Waals surface area contributed by atoms with Crippen molar-refractivity contribution in [1.29, 1.82) is 0 Å². The van der Waals surface area contributed by atoms with Crippen molar-refractivity contribution in [3.05, 3.63) is 30.1 Å². The van der Waals surface area contributed by atoms with Crippen LogP contribution in [0.1, 0.15) is 31.5 Å². The van der Waals surface area contributed by atoms with Crippen LogP contribution >= 0.6 is 0 Å². The Morgan fingerprint density at radius 1 is 0.688 bits per heavy atom. The minimum atomic E-state index is 0.271. The molecule has 4 aliphatic rings.